The fraction of sp³-hybridized carbons (Fsp3) is 0.308. The van der Waals surface area contributed by atoms with E-state index in [9.17, 15) is 4.79 Å². The first-order valence-electron chi connectivity index (χ1n) is 6.23. The first-order valence-corrected chi connectivity index (χ1v) is 6.23. The number of carbonyl (C=O) groups is 1. The van der Waals surface area contributed by atoms with Crippen molar-refractivity contribution < 1.29 is 9.21 Å². The van der Waals surface area contributed by atoms with E-state index < -0.39 is 0 Å². The van der Waals surface area contributed by atoms with Crippen LogP contribution in [0.25, 0.3) is 11.1 Å². The smallest absolute Gasteiger partial charge is 0.325 e. The van der Waals surface area contributed by atoms with Gasteiger partial charge in [0.15, 0.2) is 5.58 Å². The summed E-state index contributed by atoms with van der Waals surface area (Å²) in [6, 6.07) is 7.47. The molecule has 1 heterocycles. The van der Waals surface area contributed by atoms with Crippen LogP contribution in [0.4, 0.5) is 6.01 Å². The van der Waals surface area contributed by atoms with E-state index in [0.717, 1.165) is 19.3 Å². The third-order valence-corrected chi connectivity index (χ3v) is 3.23. The average molecular weight is 258 g/mol. The minimum atomic E-state index is -0.0800. The maximum atomic E-state index is 11.7. The first-order chi connectivity index (χ1) is 9.22. The molecule has 0 unspecified atom stereocenters. The molecule has 0 radical (unpaired) electrons. The number of carbonyl (C=O) groups excluding carboxylic acids is 1. The lowest BCUT2D eigenvalue weighted by atomic mass is 9.85. The molecular formula is C13H14N4O2. The Bertz CT molecular complexity index is 610. The van der Waals surface area contributed by atoms with E-state index in [4.69, 9.17) is 10.2 Å². The molecule has 1 fully saturated rings. The summed E-state index contributed by atoms with van der Waals surface area (Å²) in [5, 5.41) is 2.56. The molecule has 6 heteroatoms. The highest BCUT2D eigenvalue weighted by Gasteiger charge is 2.25. The number of guanidine groups is 1. The molecule has 6 nitrogen and oxygen atoms in total. The van der Waals surface area contributed by atoms with Crippen LogP contribution in [0.1, 0.15) is 19.3 Å². The van der Waals surface area contributed by atoms with Gasteiger partial charge in [-0.1, -0.05) is 18.6 Å². The van der Waals surface area contributed by atoms with E-state index >= 15 is 0 Å². The zero-order chi connectivity index (χ0) is 13.2. The molecule has 0 spiro atoms. The van der Waals surface area contributed by atoms with Gasteiger partial charge in [0, 0.05) is 5.92 Å². The number of aromatic nitrogens is 1. The van der Waals surface area contributed by atoms with Gasteiger partial charge in [-0.25, -0.2) is 0 Å². The molecule has 0 atom stereocenters. The van der Waals surface area contributed by atoms with Crippen molar-refractivity contribution in [3.05, 3.63) is 24.3 Å². The maximum absolute atomic E-state index is 11.7. The van der Waals surface area contributed by atoms with E-state index in [2.05, 4.69) is 15.3 Å². The SMILES string of the molecule is NC(=Nc1nc2ccccc2o1)NC(=O)C1CCC1. The van der Waals surface area contributed by atoms with Gasteiger partial charge >= 0.3 is 6.01 Å². The van der Waals surface area contributed by atoms with Crippen molar-refractivity contribution in [2.24, 2.45) is 16.6 Å². The number of fused-ring (bicyclic) bond motifs is 1. The summed E-state index contributed by atoms with van der Waals surface area (Å²) in [7, 11) is 0. The lowest BCUT2D eigenvalue weighted by Crippen LogP contribution is -2.42. The summed E-state index contributed by atoms with van der Waals surface area (Å²) in [5.74, 6) is 0.00412. The highest BCUT2D eigenvalue weighted by Crippen LogP contribution is 2.26. The van der Waals surface area contributed by atoms with Crippen LogP contribution in [-0.2, 0) is 4.79 Å². The number of aliphatic imine (C=N–C) groups is 1. The second-order valence-electron chi connectivity index (χ2n) is 4.58. The number of benzene rings is 1. The van der Waals surface area contributed by atoms with Crippen molar-refractivity contribution in [1.82, 2.24) is 10.3 Å². The van der Waals surface area contributed by atoms with Crippen LogP contribution < -0.4 is 11.1 Å². The minimum absolute atomic E-state index is 0.0171. The Morgan fingerprint density at radius 1 is 1.42 bits per heavy atom. The highest BCUT2D eigenvalue weighted by atomic mass is 16.4. The summed E-state index contributed by atoms with van der Waals surface area (Å²) in [6.07, 6.45) is 2.93. The summed E-state index contributed by atoms with van der Waals surface area (Å²) >= 11 is 0. The quantitative estimate of drug-likeness (QED) is 0.633. The van der Waals surface area contributed by atoms with Crippen molar-refractivity contribution in [3.63, 3.8) is 0 Å². The second-order valence-corrected chi connectivity index (χ2v) is 4.58. The van der Waals surface area contributed by atoms with Gasteiger partial charge in [0.05, 0.1) is 0 Å². The van der Waals surface area contributed by atoms with Gasteiger partial charge in [0.2, 0.25) is 11.9 Å². The molecule has 0 saturated heterocycles. The number of nitrogens with two attached hydrogens (primary N) is 1. The van der Waals surface area contributed by atoms with Gasteiger partial charge in [-0.3, -0.25) is 10.1 Å². The number of rotatable bonds is 2. The van der Waals surface area contributed by atoms with Gasteiger partial charge in [0.25, 0.3) is 0 Å². The summed E-state index contributed by atoms with van der Waals surface area (Å²) in [4.78, 5) is 19.8. The third kappa shape index (κ3) is 2.42. The molecule has 1 aromatic heterocycles. The fourth-order valence-corrected chi connectivity index (χ4v) is 1.94. The molecule has 3 rings (SSSR count). The molecule has 1 saturated carbocycles. The third-order valence-electron chi connectivity index (χ3n) is 3.23. The van der Waals surface area contributed by atoms with Crippen molar-refractivity contribution in [2.45, 2.75) is 19.3 Å². The molecule has 1 amide bonds. The standard InChI is InChI=1S/C13H14N4O2/c14-12(16-11(18)8-4-3-5-8)17-13-15-9-6-1-2-7-10(9)19-13/h1-2,6-8H,3-5H2,(H3,14,15,16,17,18). The number of oxazole rings is 1. The van der Waals surface area contributed by atoms with Gasteiger partial charge in [-0.2, -0.15) is 9.98 Å². The van der Waals surface area contributed by atoms with Crippen LogP contribution >= 0.6 is 0 Å². The predicted molar refractivity (Wildman–Crippen MR) is 70.8 cm³/mol. The molecule has 1 aliphatic carbocycles. The summed E-state index contributed by atoms with van der Waals surface area (Å²) in [6.45, 7) is 0. The van der Waals surface area contributed by atoms with E-state index in [1.165, 1.54) is 0 Å². The number of para-hydroxylation sites is 2. The van der Waals surface area contributed by atoms with Crippen molar-refractivity contribution in [2.75, 3.05) is 0 Å². The zero-order valence-corrected chi connectivity index (χ0v) is 10.3. The van der Waals surface area contributed by atoms with Crippen LogP contribution in [0.15, 0.2) is 33.7 Å². The normalized spacial score (nSPS) is 16.3. The highest BCUT2D eigenvalue weighted by molar-refractivity contribution is 5.98. The Hall–Kier alpha value is -2.37. The largest absolute Gasteiger partial charge is 0.422 e. The Morgan fingerprint density at radius 2 is 2.21 bits per heavy atom. The second kappa shape index (κ2) is 4.72. The Kier molecular flexibility index (Phi) is 2.91. The predicted octanol–water partition coefficient (Wildman–Crippen LogP) is 1.69. The van der Waals surface area contributed by atoms with Crippen molar-refractivity contribution in [3.8, 4) is 0 Å². The van der Waals surface area contributed by atoms with Gasteiger partial charge < -0.3 is 10.2 Å². The van der Waals surface area contributed by atoms with Crippen LogP contribution in [0.3, 0.4) is 0 Å². The van der Waals surface area contributed by atoms with Crippen LogP contribution in [-0.4, -0.2) is 16.9 Å². The number of amides is 1. The monoisotopic (exact) mass is 258 g/mol. The van der Waals surface area contributed by atoms with E-state index in [1.807, 2.05) is 18.2 Å². The Morgan fingerprint density at radius 3 is 2.89 bits per heavy atom. The maximum Gasteiger partial charge on any atom is 0.325 e. The van der Waals surface area contributed by atoms with Crippen LogP contribution in [0.5, 0.6) is 0 Å². The molecule has 3 N–H and O–H groups in total. The summed E-state index contributed by atoms with van der Waals surface area (Å²) in [5.41, 5.74) is 7.01. The summed E-state index contributed by atoms with van der Waals surface area (Å²) < 4.78 is 5.39. The lowest BCUT2D eigenvalue weighted by Gasteiger charge is -2.23. The number of nitrogens with one attached hydrogen (secondary N) is 1. The number of nitrogens with zero attached hydrogens (tertiary/aromatic N) is 2. The fourth-order valence-electron chi connectivity index (χ4n) is 1.94. The average Bonchev–Trinajstić information content (AvgIpc) is 2.67. The van der Waals surface area contributed by atoms with Crippen molar-refractivity contribution >= 4 is 29.0 Å². The van der Waals surface area contributed by atoms with E-state index in [-0.39, 0.29) is 23.8 Å². The van der Waals surface area contributed by atoms with Crippen molar-refractivity contribution in [1.29, 1.82) is 0 Å². The number of hydrogen-bond acceptors (Lipinski definition) is 4. The molecule has 0 aliphatic heterocycles. The van der Waals surface area contributed by atoms with E-state index in [0.29, 0.717) is 11.1 Å². The van der Waals surface area contributed by atoms with Gasteiger partial charge in [-0.15, -0.1) is 0 Å². The number of hydrogen-bond donors (Lipinski definition) is 2. The molecule has 2 aromatic rings. The molecule has 0 bridgehead atoms. The van der Waals surface area contributed by atoms with E-state index in [1.54, 1.807) is 6.07 Å². The minimum Gasteiger partial charge on any atom is -0.422 e. The van der Waals surface area contributed by atoms with Crippen LogP contribution in [0.2, 0.25) is 0 Å². The lowest BCUT2D eigenvalue weighted by molar-refractivity contribution is -0.125. The van der Waals surface area contributed by atoms with Gasteiger partial charge in [0.1, 0.15) is 5.52 Å². The molecular weight excluding hydrogens is 244 g/mol. The molecule has 98 valence electrons. The van der Waals surface area contributed by atoms with Gasteiger partial charge in [-0.05, 0) is 25.0 Å². The first kappa shape index (κ1) is 11.7. The molecule has 19 heavy (non-hydrogen) atoms. The van der Waals surface area contributed by atoms with Crippen LogP contribution in [0, 0.1) is 5.92 Å². The molecule has 1 aliphatic rings. The Balaban J connectivity index is 1.74. The zero-order valence-electron chi connectivity index (χ0n) is 10.3. The topological polar surface area (TPSA) is 93.5 Å². The Labute approximate surface area is 109 Å². The molecule has 1 aromatic carbocycles.